The van der Waals surface area contributed by atoms with Gasteiger partial charge in [0.1, 0.15) is 11.1 Å². The smallest absolute Gasteiger partial charge is 0.241 e. The van der Waals surface area contributed by atoms with Gasteiger partial charge in [0.25, 0.3) is 0 Å². The Hall–Kier alpha value is -0.760. The topological polar surface area (TPSA) is 41.6 Å². The van der Waals surface area contributed by atoms with Crippen molar-refractivity contribution in [1.29, 1.82) is 0 Å². The number of hydrogen-bond acceptors (Lipinski definition) is 3. The monoisotopic (exact) mass is 242 g/mol. The van der Waals surface area contributed by atoms with E-state index in [1.807, 2.05) is 0 Å². The maximum Gasteiger partial charge on any atom is 0.241 e. The van der Waals surface area contributed by atoms with Gasteiger partial charge in [0.15, 0.2) is 0 Å². The van der Waals surface area contributed by atoms with Crippen LogP contribution in [0.3, 0.4) is 0 Å². The van der Waals surface area contributed by atoms with Crippen molar-refractivity contribution in [1.82, 2.24) is 10.2 Å². The molecule has 2 aliphatic rings. The molecule has 5 heteroatoms. The van der Waals surface area contributed by atoms with Gasteiger partial charge in [-0.25, -0.2) is 0 Å². The molecule has 1 N–H and O–H groups in total. The normalized spacial score (nSPS) is 28.1. The summed E-state index contributed by atoms with van der Waals surface area (Å²) in [4.78, 5) is 14.1. The summed E-state index contributed by atoms with van der Waals surface area (Å²) in [6.07, 6.45) is 6.89. The van der Waals surface area contributed by atoms with Crippen molar-refractivity contribution in [3.05, 3.63) is 0 Å². The minimum atomic E-state index is -0.367. The van der Waals surface area contributed by atoms with E-state index < -0.39 is 0 Å². The Morgan fingerprint density at radius 2 is 2.44 bits per heavy atom. The molecule has 16 heavy (non-hydrogen) atoms. The van der Waals surface area contributed by atoms with Crippen LogP contribution in [0.2, 0.25) is 0 Å². The van der Waals surface area contributed by atoms with E-state index in [9.17, 15) is 4.79 Å². The molecular weight excluding hydrogens is 228 g/mol. The zero-order valence-corrected chi connectivity index (χ0v) is 9.79. The van der Waals surface area contributed by atoms with Crippen LogP contribution in [0, 0.1) is 12.3 Å². The Morgan fingerprint density at radius 3 is 3.00 bits per heavy atom. The molecule has 1 saturated carbocycles. The highest BCUT2D eigenvalue weighted by atomic mass is 35.5. The fourth-order valence-electron chi connectivity index (χ4n) is 2.10. The van der Waals surface area contributed by atoms with Crippen LogP contribution in [0.5, 0.6) is 0 Å². The fourth-order valence-corrected chi connectivity index (χ4v) is 2.35. The summed E-state index contributed by atoms with van der Waals surface area (Å²) < 4.78 is 5.25. The molecule has 0 aromatic carbocycles. The summed E-state index contributed by atoms with van der Waals surface area (Å²) in [7, 11) is 0. The van der Waals surface area contributed by atoms with Gasteiger partial charge in [0, 0.05) is 13.1 Å². The number of hydrogen-bond donors (Lipinski definition) is 1. The molecule has 0 radical (unpaired) electrons. The molecule has 1 aliphatic heterocycles. The molecule has 1 unspecified atom stereocenters. The number of alkyl halides is 1. The zero-order valence-electron chi connectivity index (χ0n) is 9.04. The van der Waals surface area contributed by atoms with Crippen LogP contribution in [0.15, 0.2) is 0 Å². The lowest BCUT2D eigenvalue weighted by atomic mass is 10.2. The average Bonchev–Trinajstić information content (AvgIpc) is 3.07. The number of terminal acetylenes is 1. The number of rotatable bonds is 3. The lowest BCUT2D eigenvalue weighted by Crippen LogP contribution is -2.54. The number of nitrogens with one attached hydrogen (secondary N) is 1. The van der Waals surface area contributed by atoms with E-state index in [0.717, 1.165) is 19.4 Å². The highest BCUT2D eigenvalue weighted by Gasteiger charge is 2.55. The fraction of sp³-hybridized carbons (Fsp3) is 0.727. The average molecular weight is 243 g/mol. The lowest BCUT2D eigenvalue weighted by Gasteiger charge is -2.35. The quantitative estimate of drug-likeness (QED) is 0.567. The number of nitrogens with zero attached hydrogens (tertiary/aromatic N) is 1. The highest BCUT2D eigenvalue weighted by molar-refractivity contribution is 6.19. The Balaban J connectivity index is 1.96. The van der Waals surface area contributed by atoms with Crippen molar-refractivity contribution >= 4 is 17.5 Å². The Kier molecular flexibility index (Phi) is 3.38. The number of amides is 1. The summed E-state index contributed by atoms with van der Waals surface area (Å²) in [5.41, 5.74) is -0.681. The first-order valence-corrected chi connectivity index (χ1v) is 5.85. The SMILES string of the molecule is C#CCNC(=O)C1(N2CCOC(Cl)C2)CC1. The van der Waals surface area contributed by atoms with Gasteiger partial charge in [-0.3, -0.25) is 9.69 Å². The summed E-state index contributed by atoms with van der Waals surface area (Å²) in [5, 5.41) is 2.75. The molecule has 0 aromatic heterocycles. The molecule has 2 fully saturated rings. The van der Waals surface area contributed by atoms with Gasteiger partial charge in [-0.1, -0.05) is 17.5 Å². The van der Waals surface area contributed by atoms with Crippen molar-refractivity contribution in [3.63, 3.8) is 0 Å². The summed E-state index contributed by atoms with van der Waals surface area (Å²) in [6, 6.07) is 0. The van der Waals surface area contributed by atoms with E-state index >= 15 is 0 Å². The second-order valence-corrected chi connectivity index (χ2v) is 4.63. The number of ether oxygens (including phenoxy) is 1. The molecule has 0 aromatic rings. The predicted molar refractivity (Wildman–Crippen MR) is 61.0 cm³/mol. The molecule has 88 valence electrons. The van der Waals surface area contributed by atoms with Crippen LogP contribution < -0.4 is 5.32 Å². The third-order valence-corrected chi connectivity index (χ3v) is 3.39. The van der Waals surface area contributed by atoms with E-state index in [2.05, 4.69) is 16.1 Å². The van der Waals surface area contributed by atoms with Gasteiger partial charge in [-0.2, -0.15) is 0 Å². The first-order chi connectivity index (χ1) is 7.69. The number of morpholine rings is 1. The number of carbonyl (C=O) groups is 1. The van der Waals surface area contributed by atoms with Gasteiger partial charge in [-0.15, -0.1) is 6.42 Å². The third kappa shape index (κ3) is 2.17. The molecule has 1 heterocycles. The second kappa shape index (κ2) is 4.62. The van der Waals surface area contributed by atoms with Crippen molar-refractivity contribution in [2.75, 3.05) is 26.2 Å². The van der Waals surface area contributed by atoms with E-state index in [1.165, 1.54) is 0 Å². The summed E-state index contributed by atoms with van der Waals surface area (Å²) in [5.74, 6) is 2.43. The molecule has 0 spiro atoms. The standard InChI is InChI=1S/C11H15ClN2O2/c1-2-5-13-10(15)11(3-4-11)14-6-7-16-9(12)8-14/h1,9H,3-8H2,(H,13,15). The largest absolute Gasteiger partial charge is 0.360 e. The molecule has 1 amide bonds. The second-order valence-electron chi connectivity index (χ2n) is 4.15. The first kappa shape index (κ1) is 11.7. The predicted octanol–water partition coefficient (Wildman–Crippen LogP) is 0.166. The van der Waals surface area contributed by atoms with Crippen LogP contribution in [0.1, 0.15) is 12.8 Å². The van der Waals surface area contributed by atoms with Gasteiger partial charge in [0.05, 0.1) is 13.2 Å². The van der Waals surface area contributed by atoms with Crippen molar-refractivity contribution in [2.45, 2.75) is 23.9 Å². The van der Waals surface area contributed by atoms with Crippen LogP contribution in [-0.4, -0.2) is 48.2 Å². The first-order valence-electron chi connectivity index (χ1n) is 5.41. The zero-order chi connectivity index (χ0) is 11.6. The van der Waals surface area contributed by atoms with E-state index in [0.29, 0.717) is 13.2 Å². The van der Waals surface area contributed by atoms with Crippen LogP contribution in [0.25, 0.3) is 0 Å². The van der Waals surface area contributed by atoms with Crippen LogP contribution in [-0.2, 0) is 9.53 Å². The van der Waals surface area contributed by atoms with Gasteiger partial charge in [0.2, 0.25) is 5.91 Å². The van der Waals surface area contributed by atoms with Crippen molar-refractivity contribution in [3.8, 4) is 12.3 Å². The Labute approximate surface area is 100 Å². The maximum atomic E-state index is 12.0. The lowest BCUT2D eigenvalue weighted by molar-refractivity contribution is -0.130. The summed E-state index contributed by atoms with van der Waals surface area (Å²) >= 11 is 5.93. The number of carbonyl (C=O) groups excluding carboxylic acids is 1. The Bertz CT molecular complexity index is 322. The molecule has 2 rings (SSSR count). The van der Waals surface area contributed by atoms with Gasteiger partial charge < -0.3 is 10.1 Å². The molecule has 1 atom stereocenters. The molecule has 0 bridgehead atoms. The maximum absolute atomic E-state index is 12.0. The van der Waals surface area contributed by atoms with Gasteiger partial charge in [-0.05, 0) is 12.8 Å². The number of halogens is 1. The Morgan fingerprint density at radius 1 is 1.69 bits per heavy atom. The van der Waals surface area contributed by atoms with Crippen LogP contribution >= 0.6 is 11.6 Å². The molecule has 1 saturated heterocycles. The van der Waals surface area contributed by atoms with Crippen LogP contribution in [0.4, 0.5) is 0 Å². The van der Waals surface area contributed by atoms with E-state index in [-0.39, 0.29) is 23.6 Å². The molecule has 4 nitrogen and oxygen atoms in total. The van der Waals surface area contributed by atoms with E-state index in [1.54, 1.807) is 0 Å². The minimum absolute atomic E-state index is 0.0243. The highest BCUT2D eigenvalue weighted by Crippen LogP contribution is 2.42. The third-order valence-electron chi connectivity index (χ3n) is 3.13. The van der Waals surface area contributed by atoms with E-state index in [4.69, 9.17) is 22.8 Å². The molecule has 1 aliphatic carbocycles. The minimum Gasteiger partial charge on any atom is -0.360 e. The van der Waals surface area contributed by atoms with Crippen molar-refractivity contribution in [2.24, 2.45) is 0 Å². The molecular formula is C11H15ClN2O2. The van der Waals surface area contributed by atoms with Gasteiger partial charge >= 0.3 is 0 Å². The summed E-state index contributed by atoms with van der Waals surface area (Å²) in [6.45, 7) is 2.23. The van der Waals surface area contributed by atoms with Crippen molar-refractivity contribution < 1.29 is 9.53 Å².